The van der Waals surface area contributed by atoms with Crippen LogP contribution in [0.15, 0.2) is 24.3 Å². The fourth-order valence-electron chi connectivity index (χ4n) is 1.79. The molecule has 1 aromatic carbocycles. The van der Waals surface area contributed by atoms with E-state index in [2.05, 4.69) is 5.10 Å². The van der Waals surface area contributed by atoms with E-state index in [0.29, 0.717) is 18.0 Å². The van der Waals surface area contributed by atoms with Crippen molar-refractivity contribution in [2.24, 2.45) is 0 Å². The van der Waals surface area contributed by atoms with Gasteiger partial charge in [0.2, 0.25) is 0 Å². The third kappa shape index (κ3) is 2.73. The van der Waals surface area contributed by atoms with E-state index >= 15 is 0 Å². The third-order valence-electron chi connectivity index (χ3n) is 2.83. The van der Waals surface area contributed by atoms with Crippen LogP contribution in [0.5, 0.6) is 0 Å². The number of aromatic carboxylic acids is 1. The summed E-state index contributed by atoms with van der Waals surface area (Å²) in [5, 5.41) is 22.4. The summed E-state index contributed by atoms with van der Waals surface area (Å²) < 4.78 is 1.33. The Morgan fingerprint density at radius 3 is 2.60 bits per heavy atom. The van der Waals surface area contributed by atoms with Gasteiger partial charge in [0, 0.05) is 11.6 Å². The maximum atomic E-state index is 11.0. The normalized spacial score (nSPS) is 10.2. The summed E-state index contributed by atoms with van der Waals surface area (Å²) in [7, 11) is 0. The molecule has 2 aromatic rings. The minimum atomic E-state index is -1.27. The second-order valence-corrected chi connectivity index (χ2v) is 4.56. The number of aryl methyl sites for hydroxylation is 2. The average molecular weight is 291 g/mol. The van der Waals surface area contributed by atoms with Gasteiger partial charge in [-0.3, -0.25) is 0 Å². The van der Waals surface area contributed by atoms with Crippen molar-refractivity contribution < 1.29 is 9.90 Å². The molecule has 0 fully saturated rings. The quantitative estimate of drug-likeness (QED) is 0.895. The monoisotopic (exact) mass is 290 g/mol. The topological polar surface area (TPSA) is 105 Å². The van der Waals surface area contributed by atoms with Gasteiger partial charge in [-0.25, -0.2) is 9.48 Å². The predicted molar refractivity (Wildman–Crippen MR) is 73.5 cm³/mol. The second-order valence-electron chi connectivity index (χ2n) is 4.13. The highest BCUT2D eigenvalue weighted by Gasteiger charge is 2.20. The number of nitrogen functional groups attached to an aromatic ring is 1. The van der Waals surface area contributed by atoms with E-state index < -0.39 is 5.97 Å². The Labute approximate surface area is 120 Å². The largest absolute Gasteiger partial charge is 0.476 e. The molecular weight excluding hydrogens is 280 g/mol. The molecule has 6 nitrogen and oxygen atoms in total. The minimum absolute atomic E-state index is 0.0684. The van der Waals surface area contributed by atoms with Crippen LogP contribution in [-0.2, 0) is 13.0 Å². The molecule has 0 radical (unpaired) electrons. The van der Waals surface area contributed by atoms with Crippen LogP contribution >= 0.6 is 11.6 Å². The molecule has 0 atom stereocenters. The lowest BCUT2D eigenvalue weighted by molar-refractivity contribution is 0.0689. The zero-order chi connectivity index (χ0) is 14.7. The van der Waals surface area contributed by atoms with E-state index in [1.54, 1.807) is 18.2 Å². The Morgan fingerprint density at radius 1 is 1.45 bits per heavy atom. The number of nitrogens with zero attached hydrogens (tertiary/aromatic N) is 3. The number of nitriles is 1. The lowest BCUT2D eigenvalue weighted by Gasteiger charge is -2.04. The van der Waals surface area contributed by atoms with Gasteiger partial charge >= 0.3 is 5.97 Å². The van der Waals surface area contributed by atoms with Crippen LogP contribution in [0.3, 0.4) is 0 Å². The maximum absolute atomic E-state index is 11.0. The molecule has 102 valence electrons. The van der Waals surface area contributed by atoms with Crippen molar-refractivity contribution in [2.45, 2.75) is 13.0 Å². The van der Waals surface area contributed by atoms with Crippen LogP contribution in [0.1, 0.15) is 21.6 Å². The van der Waals surface area contributed by atoms with Crippen molar-refractivity contribution in [3.8, 4) is 6.07 Å². The molecule has 0 bridgehead atoms. The smallest absolute Gasteiger partial charge is 0.357 e. The van der Waals surface area contributed by atoms with Gasteiger partial charge in [-0.1, -0.05) is 23.7 Å². The number of nitrogens with two attached hydrogens (primary N) is 1. The summed E-state index contributed by atoms with van der Waals surface area (Å²) in [6.07, 6.45) is 0.604. The van der Waals surface area contributed by atoms with Gasteiger partial charge in [-0.05, 0) is 24.1 Å². The van der Waals surface area contributed by atoms with E-state index in [4.69, 9.17) is 27.7 Å². The Bertz CT molecular complexity index is 686. The lowest BCUT2D eigenvalue weighted by atomic mass is 10.1. The minimum Gasteiger partial charge on any atom is -0.476 e. The molecule has 0 saturated carbocycles. The molecule has 0 saturated heterocycles. The van der Waals surface area contributed by atoms with Gasteiger partial charge < -0.3 is 10.8 Å². The number of carboxylic acid groups (broad SMARTS) is 1. The number of aromatic nitrogens is 2. The number of anilines is 1. The molecule has 0 spiro atoms. The Morgan fingerprint density at radius 2 is 2.10 bits per heavy atom. The number of benzene rings is 1. The summed E-state index contributed by atoms with van der Waals surface area (Å²) in [6, 6.07) is 9.04. The molecule has 0 amide bonds. The zero-order valence-electron chi connectivity index (χ0n) is 10.4. The van der Waals surface area contributed by atoms with E-state index in [1.165, 1.54) is 4.68 Å². The van der Waals surface area contributed by atoms with Crippen molar-refractivity contribution in [2.75, 3.05) is 5.73 Å². The molecule has 3 N–H and O–H groups in total. The Kier molecular flexibility index (Phi) is 3.91. The van der Waals surface area contributed by atoms with E-state index in [9.17, 15) is 4.79 Å². The molecule has 0 aliphatic heterocycles. The maximum Gasteiger partial charge on any atom is 0.357 e. The van der Waals surface area contributed by atoms with Crippen LogP contribution in [0, 0.1) is 11.3 Å². The van der Waals surface area contributed by atoms with Crippen molar-refractivity contribution >= 4 is 23.4 Å². The number of rotatable bonds is 4. The van der Waals surface area contributed by atoms with E-state index in [1.807, 2.05) is 12.1 Å². The van der Waals surface area contributed by atoms with Gasteiger partial charge in [0.25, 0.3) is 0 Å². The van der Waals surface area contributed by atoms with Crippen LogP contribution in [-0.4, -0.2) is 20.9 Å². The van der Waals surface area contributed by atoms with Crippen molar-refractivity contribution in [3.63, 3.8) is 0 Å². The molecule has 1 heterocycles. The lowest BCUT2D eigenvalue weighted by Crippen LogP contribution is -2.08. The SMILES string of the molecule is N#Cc1c(C(=O)O)nn(CCc2ccc(Cl)cc2)c1N. The van der Waals surface area contributed by atoms with Crippen LogP contribution in [0.25, 0.3) is 0 Å². The van der Waals surface area contributed by atoms with Crippen molar-refractivity contribution in [1.82, 2.24) is 9.78 Å². The standard InChI is InChI=1S/C13H11ClN4O2/c14-9-3-1-8(2-4-9)5-6-18-12(16)10(7-15)11(17-18)13(19)20/h1-4H,5-6,16H2,(H,19,20). The molecule has 20 heavy (non-hydrogen) atoms. The van der Waals surface area contributed by atoms with Gasteiger partial charge in [0.15, 0.2) is 5.69 Å². The fourth-order valence-corrected chi connectivity index (χ4v) is 1.92. The highest BCUT2D eigenvalue weighted by atomic mass is 35.5. The first-order valence-electron chi connectivity index (χ1n) is 5.77. The summed E-state index contributed by atoms with van der Waals surface area (Å²) in [5.74, 6) is -1.20. The van der Waals surface area contributed by atoms with Crippen LogP contribution in [0.4, 0.5) is 5.82 Å². The second kappa shape index (κ2) is 5.63. The summed E-state index contributed by atoms with van der Waals surface area (Å²) in [6.45, 7) is 0.384. The highest BCUT2D eigenvalue weighted by Crippen LogP contribution is 2.17. The van der Waals surface area contributed by atoms with Crippen molar-refractivity contribution in [1.29, 1.82) is 5.26 Å². The van der Waals surface area contributed by atoms with E-state index in [0.717, 1.165) is 5.56 Å². The third-order valence-corrected chi connectivity index (χ3v) is 3.08. The predicted octanol–water partition coefficient (Wildman–Crippen LogP) is 1.93. The number of halogens is 1. The van der Waals surface area contributed by atoms with Crippen LogP contribution in [0.2, 0.25) is 5.02 Å². The van der Waals surface area contributed by atoms with Gasteiger partial charge in [-0.15, -0.1) is 0 Å². The molecule has 1 aromatic heterocycles. The molecule has 7 heteroatoms. The summed E-state index contributed by atoms with van der Waals surface area (Å²) in [5.41, 5.74) is 6.33. The molecule has 2 rings (SSSR count). The molecule has 0 aliphatic carbocycles. The highest BCUT2D eigenvalue weighted by molar-refractivity contribution is 6.30. The fraction of sp³-hybridized carbons (Fsp3) is 0.154. The first kappa shape index (κ1) is 13.9. The first-order chi connectivity index (χ1) is 9.52. The number of carboxylic acids is 1. The van der Waals surface area contributed by atoms with Crippen molar-refractivity contribution in [3.05, 3.63) is 46.1 Å². The van der Waals surface area contributed by atoms with Gasteiger partial charge in [-0.2, -0.15) is 10.4 Å². The molecular formula is C13H11ClN4O2. The number of hydrogen-bond acceptors (Lipinski definition) is 4. The zero-order valence-corrected chi connectivity index (χ0v) is 11.1. The van der Waals surface area contributed by atoms with E-state index in [-0.39, 0.29) is 17.1 Å². The Hall–Kier alpha value is -2.52. The van der Waals surface area contributed by atoms with Gasteiger partial charge in [0.05, 0.1) is 0 Å². The first-order valence-corrected chi connectivity index (χ1v) is 6.15. The Balaban J connectivity index is 2.20. The summed E-state index contributed by atoms with van der Waals surface area (Å²) in [4.78, 5) is 11.0. The number of carbonyl (C=O) groups is 1. The average Bonchev–Trinajstić information content (AvgIpc) is 2.75. The summed E-state index contributed by atoms with van der Waals surface area (Å²) >= 11 is 5.79. The van der Waals surface area contributed by atoms with Crippen LogP contribution < -0.4 is 5.73 Å². The molecule has 0 unspecified atom stereocenters. The molecule has 0 aliphatic rings. The van der Waals surface area contributed by atoms with Gasteiger partial charge in [0.1, 0.15) is 17.5 Å². The number of hydrogen-bond donors (Lipinski definition) is 2.